The van der Waals surface area contributed by atoms with E-state index in [9.17, 15) is 20.1 Å². The number of carbonyl (C=O) groups is 1. The molecule has 1 unspecified atom stereocenters. The minimum atomic E-state index is -0.892. The zero-order chi connectivity index (χ0) is 22.1. The normalized spacial score (nSPS) is 12.6. The lowest BCUT2D eigenvalue weighted by Gasteiger charge is -2.28. The van der Waals surface area contributed by atoms with Crippen molar-refractivity contribution in [3.63, 3.8) is 0 Å². The van der Waals surface area contributed by atoms with Crippen molar-refractivity contribution in [1.29, 1.82) is 0 Å². The maximum atomic E-state index is 11.8. The molecule has 0 aliphatic carbocycles. The Morgan fingerprint density at radius 1 is 1.17 bits per heavy atom. The lowest BCUT2D eigenvalue weighted by molar-refractivity contribution is -0.120. The highest BCUT2D eigenvalue weighted by molar-refractivity contribution is 5.78. The lowest BCUT2D eigenvalue weighted by Crippen LogP contribution is -2.43. The smallest absolute Gasteiger partial charge is 0.224 e. The molecule has 1 atom stereocenters. The Balaban J connectivity index is 1.94. The van der Waals surface area contributed by atoms with Gasteiger partial charge in [0.25, 0.3) is 0 Å². The topological polar surface area (TPSA) is 135 Å². The number of nitrogens with zero attached hydrogens (tertiary/aromatic N) is 1. The summed E-state index contributed by atoms with van der Waals surface area (Å²) in [5.74, 6) is -0.239. The first-order valence-corrected chi connectivity index (χ1v) is 9.92. The Hall–Kier alpha value is -2.52. The Labute approximate surface area is 176 Å². The number of benzene rings is 1. The van der Waals surface area contributed by atoms with Crippen molar-refractivity contribution < 1.29 is 25.2 Å². The van der Waals surface area contributed by atoms with Gasteiger partial charge in [-0.3, -0.25) is 4.79 Å². The minimum absolute atomic E-state index is 0.0849. The van der Waals surface area contributed by atoms with Crippen molar-refractivity contribution in [3.05, 3.63) is 58.9 Å². The zero-order valence-corrected chi connectivity index (χ0v) is 17.4. The van der Waals surface area contributed by atoms with Crippen molar-refractivity contribution in [2.24, 2.45) is 0 Å². The second-order valence-corrected chi connectivity index (χ2v) is 7.89. The molecule has 2 rings (SSSR count). The molecule has 0 fully saturated rings. The van der Waals surface area contributed by atoms with Gasteiger partial charge in [0.1, 0.15) is 17.5 Å². The molecule has 0 aliphatic heterocycles. The van der Waals surface area contributed by atoms with Crippen LogP contribution >= 0.6 is 0 Å². The van der Waals surface area contributed by atoms with E-state index in [4.69, 9.17) is 5.11 Å². The molecule has 0 spiro atoms. The third-order valence-corrected chi connectivity index (χ3v) is 4.67. The van der Waals surface area contributed by atoms with Crippen LogP contribution in [0.3, 0.4) is 0 Å². The van der Waals surface area contributed by atoms with Gasteiger partial charge in [-0.2, -0.15) is 0 Å². The van der Waals surface area contributed by atoms with Gasteiger partial charge in [0.15, 0.2) is 0 Å². The van der Waals surface area contributed by atoms with Crippen molar-refractivity contribution in [2.45, 2.75) is 44.9 Å². The van der Waals surface area contributed by atoms with Crippen LogP contribution in [0.5, 0.6) is 5.75 Å². The number of aromatic nitrogens is 1. The molecule has 1 amide bonds. The van der Waals surface area contributed by atoms with E-state index in [1.807, 2.05) is 38.1 Å². The Morgan fingerprint density at radius 2 is 1.90 bits per heavy atom. The van der Waals surface area contributed by atoms with E-state index >= 15 is 0 Å². The molecule has 0 bridgehead atoms. The quantitative estimate of drug-likeness (QED) is 0.315. The van der Waals surface area contributed by atoms with Gasteiger partial charge in [-0.25, -0.2) is 4.98 Å². The lowest BCUT2D eigenvalue weighted by atomic mass is 9.93. The number of rotatable bonds is 11. The Kier molecular flexibility index (Phi) is 8.73. The van der Waals surface area contributed by atoms with Crippen LogP contribution < -0.4 is 10.6 Å². The summed E-state index contributed by atoms with van der Waals surface area (Å²) < 4.78 is 0. The predicted octanol–water partition coefficient (Wildman–Crippen LogP) is 0.575. The van der Waals surface area contributed by atoms with Crippen LogP contribution in [-0.4, -0.2) is 56.6 Å². The molecular weight excluding hydrogens is 386 g/mol. The van der Waals surface area contributed by atoms with Crippen LogP contribution in [0.2, 0.25) is 0 Å². The molecule has 6 N–H and O–H groups in total. The van der Waals surface area contributed by atoms with E-state index in [2.05, 4.69) is 15.6 Å². The SMILES string of the molecule is CC(C)(Cc1cccc(CC(=O)NCCO)c1)NCC(O)c1ccc(O)c(CO)n1. The Morgan fingerprint density at radius 3 is 2.60 bits per heavy atom. The first-order valence-electron chi connectivity index (χ1n) is 9.92. The van der Waals surface area contributed by atoms with Gasteiger partial charge in [-0.1, -0.05) is 24.3 Å². The van der Waals surface area contributed by atoms with Gasteiger partial charge < -0.3 is 31.1 Å². The average molecular weight is 418 g/mol. The van der Waals surface area contributed by atoms with E-state index in [1.54, 1.807) is 0 Å². The number of nitrogens with one attached hydrogen (secondary N) is 2. The molecule has 1 aromatic carbocycles. The average Bonchev–Trinajstić information content (AvgIpc) is 2.71. The van der Waals surface area contributed by atoms with E-state index in [-0.39, 0.29) is 49.0 Å². The summed E-state index contributed by atoms with van der Waals surface area (Å²) in [6, 6.07) is 10.7. The highest BCUT2D eigenvalue weighted by Gasteiger charge is 2.21. The molecule has 164 valence electrons. The molecule has 8 nitrogen and oxygen atoms in total. The van der Waals surface area contributed by atoms with E-state index in [0.29, 0.717) is 12.1 Å². The summed E-state index contributed by atoms with van der Waals surface area (Å²) in [7, 11) is 0. The highest BCUT2D eigenvalue weighted by atomic mass is 16.3. The maximum absolute atomic E-state index is 11.8. The number of amides is 1. The van der Waals surface area contributed by atoms with Gasteiger partial charge in [0, 0.05) is 18.6 Å². The molecule has 30 heavy (non-hydrogen) atoms. The number of aliphatic hydroxyl groups is 3. The first kappa shape index (κ1) is 23.8. The molecule has 2 aromatic rings. The minimum Gasteiger partial charge on any atom is -0.506 e. The van der Waals surface area contributed by atoms with Crippen LogP contribution in [0.4, 0.5) is 0 Å². The molecule has 0 saturated carbocycles. The van der Waals surface area contributed by atoms with Gasteiger partial charge >= 0.3 is 0 Å². The summed E-state index contributed by atoms with van der Waals surface area (Å²) in [5, 5.41) is 44.0. The van der Waals surface area contributed by atoms with Crippen LogP contribution in [0.1, 0.15) is 42.5 Å². The fraction of sp³-hybridized carbons (Fsp3) is 0.455. The fourth-order valence-corrected chi connectivity index (χ4v) is 3.16. The molecule has 0 aliphatic rings. The first-order chi connectivity index (χ1) is 14.2. The summed E-state index contributed by atoms with van der Waals surface area (Å²) in [6.45, 7) is 4.04. The molecular formula is C22H31N3O5. The van der Waals surface area contributed by atoms with Crippen LogP contribution in [0, 0.1) is 0 Å². The van der Waals surface area contributed by atoms with Gasteiger partial charge in [0.05, 0.1) is 25.3 Å². The second kappa shape index (κ2) is 11.0. The van der Waals surface area contributed by atoms with Crippen molar-refractivity contribution in [2.75, 3.05) is 19.7 Å². The number of hydrogen-bond donors (Lipinski definition) is 6. The summed E-state index contributed by atoms with van der Waals surface area (Å²) in [5.41, 5.74) is 2.11. The van der Waals surface area contributed by atoms with Gasteiger partial charge in [-0.05, 0) is 43.5 Å². The molecule has 0 radical (unpaired) electrons. The standard InChI is InChI=1S/C22H31N3O5/c1-22(2,24-13-20(29)17-6-7-19(28)18(14-27)25-17)12-16-5-3-4-15(10-16)11-21(30)23-8-9-26/h3-7,10,20,24,26-29H,8-9,11-14H2,1-2H3,(H,23,30). The van der Waals surface area contributed by atoms with Gasteiger partial charge in [-0.15, -0.1) is 0 Å². The van der Waals surface area contributed by atoms with Crippen LogP contribution in [0.15, 0.2) is 36.4 Å². The number of carbonyl (C=O) groups excluding carboxylic acids is 1. The van der Waals surface area contributed by atoms with Crippen molar-refractivity contribution in [1.82, 2.24) is 15.6 Å². The molecule has 1 aromatic heterocycles. The summed E-state index contributed by atoms with van der Waals surface area (Å²) >= 11 is 0. The third kappa shape index (κ3) is 7.38. The number of β-amino-alcohol motifs (C(OH)–C–C–N with tert-alkyl or cyclic N) is 1. The van der Waals surface area contributed by atoms with Crippen LogP contribution in [0.25, 0.3) is 0 Å². The number of aliphatic hydroxyl groups excluding tert-OH is 3. The van der Waals surface area contributed by atoms with E-state index in [1.165, 1.54) is 12.1 Å². The predicted molar refractivity (Wildman–Crippen MR) is 113 cm³/mol. The van der Waals surface area contributed by atoms with Crippen LogP contribution in [-0.2, 0) is 24.2 Å². The summed E-state index contributed by atoms with van der Waals surface area (Å²) in [4.78, 5) is 15.9. The largest absolute Gasteiger partial charge is 0.506 e. The summed E-state index contributed by atoms with van der Waals surface area (Å²) in [6.07, 6.45) is 0.0355. The van der Waals surface area contributed by atoms with E-state index in [0.717, 1.165) is 11.1 Å². The fourth-order valence-electron chi connectivity index (χ4n) is 3.16. The zero-order valence-electron chi connectivity index (χ0n) is 17.4. The van der Waals surface area contributed by atoms with Crippen molar-refractivity contribution in [3.8, 4) is 5.75 Å². The van der Waals surface area contributed by atoms with Crippen molar-refractivity contribution >= 4 is 5.91 Å². The number of pyridine rings is 1. The Bertz CT molecular complexity index is 841. The maximum Gasteiger partial charge on any atom is 0.224 e. The van der Waals surface area contributed by atoms with Gasteiger partial charge in [0.2, 0.25) is 5.91 Å². The third-order valence-electron chi connectivity index (χ3n) is 4.67. The molecule has 8 heteroatoms. The monoisotopic (exact) mass is 417 g/mol. The molecule has 1 heterocycles. The van der Waals surface area contributed by atoms with E-state index < -0.39 is 12.7 Å². The molecule has 0 saturated heterocycles. The number of aromatic hydroxyl groups is 1. The number of hydrogen-bond acceptors (Lipinski definition) is 7. The second-order valence-electron chi connectivity index (χ2n) is 7.89. The highest BCUT2D eigenvalue weighted by Crippen LogP contribution is 2.20.